The molecule has 3 aromatic carbocycles. The predicted molar refractivity (Wildman–Crippen MR) is 159 cm³/mol. The van der Waals surface area contributed by atoms with Gasteiger partial charge in [-0.3, -0.25) is 13.9 Å². The SMILES string of the molecule is CCOc1ccc(N(CC(=O)N(Cc2cccc(OC)c2)[C@H](C)C(=O)N[C@@H](C)CC)S(=O)(=O)c2ccccc2)cc1. The molecule has 9 nitrogen and oxygen atoms in total. The molecule has 10 heteroatoms. The van der Waals surface area contributed by atoms with Gasteiger partial charge in [-0.05, 0) is 81.3 Å². The van der Waals surface area contributed by atoms with Gasteiger partial charge in [-0.1, -0.05) is 37.3 Å². The molecular formula is C31H39N3O6S. The Morgan fingerprint density at radius 2 is 1.59 bits per heavy atom. The summed E-state index contributed by atoms with van der Waals surface area (Å²) in [7, 11) is -2.59. The molecule has 0 spiro atoms. The lowest BCUT2D eigenvalue weighted by atomic mass is 10.1. The summed E-state index contributed by atoms with van der Waals surface area (Å²) in [6, 6.07) is 20.7. The first-order valence-corrected chi connectivity index (χ1v) is 15.1. The minimum Gasteiger partial charge on any atom is -0.497 e. The van der Waals surface area contributed by atoms with Crippen molar-refractivity contribution in [2.45, 2.75) is 57.6 Å². The molecule has 220 valence electrons. The second-order valence-corrected chi connectivity index (χ2v) is 11.5. The van der Waals surface area contributed by atoms with Crippen LogP contribution in [-0.2, 0) is 26.2 Å². The molecule has 1 N–H and O–H groups in total. The number of anilines is 1. The fourth-order valence-electron chi connectivity index (χ4n) is 4.14. The van der Waals surface area contributed by atoms with Crippen molar-refractivity contribution in [3.8, 4) is 11.5 Å². The fourth-order valence-corrected chi connectivity index (χ4v) is 5.57. The largest absolute Gasteiger partial charge is 0.497 e. The number of ether oxygens (including phenoxy) is 2. The molecule has 0 aliphatic carbocycles. The number of benzene rings is 3. The number of nitrogens with one attached hydrogen (secondary N) is 1. The Labute approximate surface area is 243 Å². The summed E-state index contributed by atoms with van der Waals surface area (Å²) in [5, 5.41) is 2.93. The zero-order valence-corrected chi connectivity index (χ0v) is 25.1. The molecule has 0 radical (unpaired) electrons. The van der Waals surface area contributed by atoms with E-state index in [0.29, 0.717) is 23.8 Å². The van der Waals surface area contributed by atoms with Crippen LogP contribution < -0.4 is 19.1 Å². The maximum Gasteiger partial charge on any atom is 0.264 e. The average molecular weight is 582 g/mol. The van der Waals surface area contributed by atoms with Gasteiger partial charge < -0.3 is 19.7 Å². The fraction of sp³-hybridized carbons (Fsp3) is 0.355. The van der Waals surface area contributed by atoms with Crippen molar-refractivity contribution in [2.75, 3.05) is 24.6 Å². The van der Waals surface area contributed by atoms with E-state index in [-0.39, 0.29) is 23.4 Å². The summed E-state index contributed by atoms with van der Waals surface area (Å²) in [5.41, 5.74) is 1.03. The number of sulfonamides is 1. The molecule has 0 saturated carbocycles. The first-order valence-electron chi connectivity index (χ1n) is 13.6. The van der Waals surface area contributed by atoms with Gasteiger partial charge in [-0.25, -0.2) is 8.42 Å². The quantitative estimate of drug-likeness (QED) is 0.298. The maximum atomic E-state index is 14.0. The highest BCUT2D eigenvalue weighted by Crippen LogP contribution is 2.27. The molecule has 0 aliphatic heterocycles. The number of hydrogen-bond donors (Lipinski definition) is 1. The van der Waals surface area contributed by atoms with Gasteiger partial charge in [0, 0.05) is 12.6 Å². The molecule has 0 bridgehead atoms. The molecule has 0 aromatic heterocycles. The predicted octanol–water partition coefficient (Wildman–Crippen LogP) is 4.62. The number of carbonyl (C=O) groups excluding carboxylic acids is 2. The van der Waals surface area contributed by atoms with Crippen molar-refractivity contribution < 1.29 is 27.5 Å². The summed E-state index contributed by atoms with van der Waals surface area (Å²) >= 11 is 0. The lowest BCUT2D eigenvalue weighted by molar-refractivity contribution is -0.139. The standard InChI is InChI=1S/C31H39N3O6S/c1-6-23(3)32-31(36)24(4)33(21-25-12-11-13-28(20-25)39-5)30(35)22-34(26-16-18-27(19-17-26)40-7-2)41(37,38)29-14-9-8-10-15-29/h8-20,23-24H,6-7,21-22H2,1-5H3,(H,32,36)/t23-,24+/m0/s1. The van der Waals surface area contributed by atoms with Crippen molar-refractivity contribution in [1.82, 2.24) is 10.2 Å². The molecule has 3 aromatic rings. The molecule has 0 aliphatic rings. The average Bonchev–Trinajstić information content (AvgIpc) is 2.99. The number of hydrogen-bond acceptors (Lipinski definition) is 6. The highest BCUT2D eigenvalue weighted by Gasteiger charge is 2.32. The van der Waals surface area contributed by atoms with Crippen molar-refractivity contribution in [3.05, 3.63) is 84.4 Å². The molecule has 2 amide bonds. The highest BCUT2D eigenvalue weighted by molar-refractivity contribution is 7.92. The van der Waals surface area contributed by atoms with Crippen LogP contribution in [0.4, 0.5) is 5.69 Å². The third-order valence-corrected chi connectivity index (χ3v) is 8.49. The zero-order valence-electron chi connectivity index (χ0n) is 24.2. The Balaban J connectivity index is 2.02. The van der Waals surface area contributed by atoms with Gasteiger partial charge in [0.25, 0.3) is 10.0 Å². The lowest BCUT2D eigenvalue weighted by Crippen LogP contribution is -2.52. The van der Waals surface area contributed by atoms with E-state index in [0.717, 1.165) is 16.3 Å². The minimum atomic E-state index is -4.14. The molecule has 3 rings (SSSR count). The van der Waals surface area contributed by atoms with E-state index < -0.39 is 28.5 Å². The Hall–Kier alpha value is -4.05. The summed E-state index contributed by atoms with van der Waals surface area (Å²) < 4.78 is 39.6. The summed E-state index contributed by atoms with van der Waals surface area (Å²) in [6.07, 6.45) is 0.725. The number of carbonyl (C=O) groups is 2. The van der Waals surface area contributed by atoms with Crippen LogP contribution in [-0.4, -0.2) is 57.5 Å². The van der Waals surface area contributed by atoms with Crippen molar-refractivity contribution in [3.63, 3.8) is 0 Å². The molecule has 0 unspecified atom stereocenters. The van der Waals surface area contributed by atoms with Gasteiger partial charge in [0.2, 0.25) is 11.8 Å². The molecule has 2 atom stereocenters. The Kier molecular flexibility index (Phi) is 11.2. The van der Waals surface area contributed by atoms with Crippen molar-refractivity contribution in [2.24, 2.45) is 0 Å². The normalized spacial score (nSPS) is 12.6. The van der Waals surface area contributed by atoms with Crippen molar-refractivity contribution in [1.29, 1.82) is 0 Å². The van der Waals surface area contributed by atoms with Gasteiger partial charge >= 0.3 is 0 Å². The highest BCUT2D eigenvalue weighted by atomic mass is 32.2. The van der Waals surface area contributed by atoms with E-state index >= 15 is 0 Å². The van der Waals surface area contributed by atoms with Crippen LogP contribution in [0, 0.1) is 0 Å². The van der Waals surface area contributed by atoms with Gasteiger partial charge in [0.05, 0.1) is 24.3 Å². The first kappa shape index (κ1) is 31.5. The van der Waals surface area contributed by atoms with Crippen LogP contribution in [0.1, 0.15) is 39.7 Å². The van der Waals surface area contributed by atoms with Gasteiger partial charge in [-0.2, -0.15) is 0 Å². The monoisotopic (exact) mass is 581 g/mol. The second-order valence-electron chi connectivity index (χ2n) is 9.62. The molecule has 0 fully saturated rings. The van der Waals surface area contributed by atoms with E-state index in [1.165, 1.54) is 17.0 Å². The van der Waals surface area contributed by atoms with Crippen LogP contribution in [0.2, 0.25) is 0 Å². The Bertz CT molecular complexity index is 1400. The van der Waals surface area contributed by atoms with Crippen LogP contribution in [0.5, 0.6) is 11.5 Å². The van der Waals surface area contributed by atoms with Crippen LogP contribution in [0.15, 0.2) is 83.8 Å². The van der Waals surface area contributed by atoms with Crippen molar-refractivity contribution >= 4 is 27.5 Å². The Morgan fingerprint density at radius 1 is 0.902 bits per heavy atom. The smallest absolute Gasteiger partial charge is 0.264 e. The van der Waals surface area contributed by atoms with Crippen LogP contribution >= 0.6 is 0 Å². The third kappa shape index (κ3) is 8.23. The van der Waals surface area contributed by atoms with Gasteiger partial charge in [0.15, 0.2) is 0 Å². The number of nitrogens with zero attached hydrogens (tertiary/aromatic N) is 2. The van der Waals surface area contributed by atoms with Crippen LogP contribution in [0.3, 0.4) is 0 Å². The second kappa shape index (κ2) is 14.5. The number of amides is 2. The first-order chi connectivity index (χ1) is 19.6. The topological polar surface area (TPSA) is 105 Å². The summed E-state index contributed by atoms with van der Waals surface area (Å²) in [6.45, 7) is 7.36. The lowest BCUT2D eigenvalue weighted by Gasteiger charge is -2.32. The van der Waals surface area contributed by atoms with E-state index in [4.69, 9.17) is 9.47 Å². The van der Waals surface area contributed by atoms with E-state index in [1.54, 1.807) is 74.7 Å². The molecule has 0 saturated heterocycles. The van der Waals surface area contributed by atoms with Crippen LogP contribution in [0.25, 0.3) is 0 Å². The van der Waals surface area contributed by atoms with Gasteiger partial charge in [-0.15, -0.1) is 0 Å². The number of methoxy groups -OCH3 is 1. The number of rotatable bonds is 14. The third-order valence-electron chi connectivity index (χ3n) is 6.70. The molecular weight excluding hydrogens is 542 g/mol. The summed E-state index contributed by atoms with van der Waals surface area (Å²) in [5.74, 6) is 0.325. The zero-order chi connectivity index (χ0) is 30.0. The Morgan fingerprint density at radius 3 is 2.20 bits per heavy atom. The van der Waals surface area contributed by atoms with E-state index in [2.05, 4.69) is 5.32 Å². The van der Waals surface area contributed by atoms with Gasteiger partial charge in [0.1, 0.15) is 24.1 Å². The van der Waals surface area contributed by atoms with E-state index in [9.17, 15) is 18.0 Å². The maximum absolute atomic E-state index is 14.0. The van der Waals surface area contributed by atoms with E-state index in [1.807, 2.05) is 26.8 Å². The minimum absolute atomic E-state index is 0.0450. The summed E-state index contributed by atoms with van der Waals surface area (Å²) in [4.78, 5) is 28.6. The molecule has 0 heterocycles. The molecule has 41 heavy (non-hydrogen) atoms.